The number of carbonyl (C=O) groups is 2. The topological polar surface area (TPSA) is 96.2 Å². The normalized spacial score (nSPS) is 13.7. The van der Waals surface area contributed by atoms with Crippen molar-refractivity contribution in [3.8, 4) is 0 Å². The fraction of sp³-hybridized carbons (Fsp3) is 0.312. The monoisotopic (exact) mass is 404 g/mol. The summed E-state index contributed by atoms with van der Waals surface area (Å²) in [6, 6.07) is 6.32. The van der Waals surface area contributed by atoms with Gasteiger partial charge >= 0.3 is 6.18 Å². The quantitative estimate of drug-likeness (QED) is 0.660. The summed E-state index contributed by atoms with van der Waals surface area (Å²) in [4.78, 5) is 27.1. The summed E-state index contributed by atoms with van der Waals surface area (Å²) >= 11 is 5.72. The van der Waals surface area contributed by atoms with Crippen LogP contribution < -0.4 is 10.9 Å². The van der Waals surface area contributed by atoms with Crippen molar-refractivity contribution in [2.24, 2.45) is 7.05 Å². The first-order valence-electron chi connectivity index (χ1n) is 7.62. The highest BCUT2D eigenvalue weighted by Crippen LogP contribution is 2.40. The summed E-state index contributed by atoms with van der Waals surface area (Å²) in [5.74, 6) is -2.63. The Morgan fingerprint density at radius 1 is 1.19 bits per heavy atom. The summed E-state index contributed by atoms with van der Waals surface area (Å²) < 4.78 is 41.0. The van der Waals surface area contributed by atoms with E-state index >= 15 is 0 Å². The molecule has 1 aromatic carbocycles. The maximum absolute atomic E-state index is 13.3. The molecular weight excluding hydrogens is 389 g/mol. The fourth-order valence-electron chi connectivity index (χ4n) is 2.32. The van der Waals surface area contributed by atoms with Crippen LogP contribution in [-0.4, -0.2) is 32.6 Å². The van der Waals surface area contributed by atoms with E-state index in [9.17, 15) is 27.9 Å². The minimum absolute atomic E-state index is 0.125. The Morgan fingerprint density at radius 3 is 2.30 bits per heavy atom. The molecule has 11 heteroatoms. The Balaban J connectivity index is 1.99. The van der Waals surface area contributed by atoms with E-state index in [0.717, 1.165) is 10.8 Å². The molecule has 0 radical (unpaired) electrons. The minimum atomic E-state index is -5.16. The number of rotatable bonds is 5. The summed E-state index contributed by atoms with van der Waals surface area (Å²) in [6.45, 7) is 0. The van der Waals surface area contributed by atoms with Crippen LogP contribution in [0.15, 0.2) is 36.7 Å². The van der Waals surface area contributed by atoms with Crippen LogP contribution in [0.3, 0.4) is 0 Å². The highest BCUT2D eigenvalue weighted by molar-refractivity contribution is 6.30. The number of halogens is 4. The van der Waals surface area contributed by atoms with Crippen LogP contribution in [0.5, 0.6) is 0 Å². The van der Waals surface area contributed by atoms with E-state index < -0.39 is 35.8 Å². The Labute approximate surface area is 157 Å². The zero-order chi connectivity index (χ0) is 20.2. The molecule has 2 amide bonds. The number of amides is 2. The zero-order valence-electron chi connectivity index (χ0n) is 14.0. The first-order valence-corrected chi connectivity index (χ1v) is 8.00. The molecule has 0 aliphatic carbocycles. The van der Waals surface area contributed by atoms with Gasteiger partial charge in [0.1, 0.15) is 0 Å². The van der Waals surface area contributed by atoms with Crippen LogP contribution >= 0.6 is 11.6 Å². The van der Waals surface area contributed by atoms with Gasteiger partial charge in [0, 0.05) is 24.5 Å². The molecule has 0 aliphatic rings. The van der Waals surface area contributed by atoms with Gasteiger partial charge in [0.25, 0.3) is 0 Å². The van der Waals surface area contributed by atoms with Gasteiger partial charge in [-0.25, -0.2) is 4.98 Å². The lowest BCUT2D eigenvalue weighted by Crippen LogP contribution is -2.50. The molecule has 146 valence electrons. The summed E-state index contributed by atoms with van der Waals surface area (Å²) in [7, 11) is 1.25. The lowest BCUT2D eigenvalue weighted by atomic mass is 9.97. The largest absolute Gasteiger partial charge is 0.425 e. The predicted octanol–water partition coefficient (Wildman–Crippen LogP) is 1.60. The molecule has 1 unspecified atom stereocenters. The smallest absolute Gasteiger partial charge is 0.374 e. The van der Waals surface area contributed by atoms with Gasteiger partial charge in [-0.2, -0.15) is 13.2 Å². The first kappa shape index (κ1) is 20.7. The van der Waals surface area contributed by atoms with Crippen LogP contribution in [-0.2, 0) is 28.7 Å². The van der Waals surface area contributed by atoms with E-state index in [1.807, 2.05) is 10.9 Å². The number of hydrogen-bond donors (Lipinski definition) is 3. The molecule has 0 saturated heterocycles. The van der Waals surface area contributed by atoms with E-state index in [0.29, 0.717) is 10.6 Å². The molecule has 1 heterocycles. The highest BCUT2D eigenvalue weighted by atomic mass is 35.5. The molecule has 1 atom stereocenters. The van der Waals surface area contributed by atoms with Crippen molar-refractivity contribution < 1.29 is 27.9 Å². The number of alkyl halides is 3. The molecule has 27 heavy (non-hydrogen) atoms. The third kappa shape index (κ3) is 4.98. The SMILES string of the molecule is Cn1ccnc1C(O)(CC(=O)NNC(=O)Cc1ccc(Cl)cc1)C(F)(F)F. The average Bonchev–Trinajstić information content (AvgIpc) is 3.00. The van der Waals surface area contributed by atoms with Crippen LogP contribution in [0.2, 0.25) is 5.02 Å². The van der Waals surface area contributed by atoms with E-state index in [1.165, 1.54) is 13.2 Å². The van der Waals surface area contributed by atoms with Gasteiger partial charge in [0.15, 0.2) is 5.82 Å². The van der Waals surface area contributed by atoms with Crippen LogP contribution in [0, 0.1) is 0 Å². The van der Waals surface area contributed by atoms with Crippen LogP contribution in [0.4, 0.5) is 13.2 Å². The number of benzene rings is 1. The standard InChI is InChI=1S/C16H16ClF3N4O3/c1-24-7-6-21-14(24)15(27,16(18,19)20)9-13(26)23-22-12(25)8-10-2-4-11(17)5-3-10/h2-7,27H,8-9H2,1H3,(H,22,25)(H,23,26). The van der Waals surface area contributed by atoms with Crippen LogP contribution in [0.1, 0.15) is 17.8 Å². The van der Waals surface area contributed by atoms with Crippen molar-refractivity contribution in [2.45, 2.75) is 24.6 Å². The molecule has 2 aromatic rings. The number of nitrogens with one attached hydrogen (secondary N) is 2. The van der Waals surface area contributed by atoms with E-state index in [1.54, 1.807) is 24.3 Å². The van der Waals surface area contributed by atoms with Gasteiger partial charge < -0.3 is 9.67 Å². The van der Waals surface area contributed by atoms with Crippen molar-refractivity contribution in [1.82, 2.24) is 20.4 Å². The number of imidazole rings is 1. The maximum atomic E-state index is 13.3. The second-order valence-corrected chi connectivity index (χ2v) is 6.23. The number of aromatic nitrogens is 2. The Hall–Kier alpha value is -2.59. The van der Waals surface area contributed by atoms with Crippen molar-refractivity contribution in [3.05, 3.63) is 53.1 Å². The summed E-state index contributed by atoms with van der Waals surface area (Å²) in [5, 5.41) is 10.6. The molecule has 0 bridgehead atoms. The lowest BCUT2D eigenvalue weighted by Gasteiger charge is -2.29. The number of carbonyl (C=O) groups excluding carboxylic acids is 2. The third-order valence-electron chi connectivity index (χ3n) is 3.70. The molecule has 2 rings (SSSR count). The van der Waals surface area contributed by atoms with Crippen molar-refractivity contribution >= 4 is 23.4 Å². The van der Waals surface area contributed by atoms with Gasteiger partial charge in [0.05, 0.1) is 12.8 Å². The number of aryl methyl sites for hydroxylation is 1. The number of hydrazine groups is 1. The minimum Gasteiger partial charge on any atom is -0.374 e. The van der Waals surface area contributed by atoms with E-state index in [2.05, 4.69) is 4.98 Å². The van der Waals surface area contributed by atoms with E-state index in [-0.39, 0.29) is 6.42 Å². The number of aliphatic hydroxyl groups is 1. The Kier molecular flexibility index (Phi) is 6.11. The molecule has 3 N–H and O–H groups in total. The fourth-order valence-corrected chi connectivity index (χ4v) is 2.44. The Morgan fingerprint density at radius 2 is 1.78 bits per heavy atom. The Bertz CT molecular complexity index is 823. The average molecular weight is 405 g/mol. The second kappa shape index (κ2) is 7.97. The molecule has 0 saturated carbocycles. The molecule has 1 aromatic heterocycles. The molecule has 0 spiro atoms. The summed E-state index contributed by atoms with van der Waals surface area (Å²) in [5.41, 5.74) is 0.949. The molecule has 0 aliphatic heterocycles. The van der Waals surface area contributed by atoms with Gasteiger partial charge in [-0.1, -0.05) is 23.7 Å². The van der Waals surface area contributed by atoms with Crippen molar-refractivity contribution in [3.63, 3.8) is 0 Å². The van der Waals surface area contributed by atoms with Gasteiger partial charge in [-0.3, -0.25) is 20.4 Å². The number of hydrogen-bond acceptors (Lipinski definition) is 4. The highest BCUT2D eigenvalue weighted by Gasteiger charge is 2.58. The van der Waals surface area contributed by atoms with Crippen LogP contribution in [0.25, 0.3) is 0 Å². The summed E-state index contributed by atoms with van der Waals surface area (Å²) in [6.07, 6.45) is -4.38. The second-order valence-electron chi connectivity index (χ2n) is 5.80. The predicted molar refractivity (Wildman–Crippen MR) is 89.2 cm³/mol. The maximum Gasteiger partial charge on any atom is 0.425 e. The third-order valence-corrected chi connectivity index (χ3v) is 3.95. The molecular formula is C16H16ClF3N4O3. The van der Waals surface area contributed by atoms with Crippen molar-refractivity contribution in [1.29, 1.82) is 0 Å². The zero-order valence-corrected chi connectivity index (χ0v) is 14.8. The van der Waals surface area contributed by atoms with Gasteiger partial charge in [0.2, 0.25) is 17.4 Å². The molecule has 0 fully saturated rings. The first-order chi connectivity index (χ1) is 12.5. The lowest BCUT2D eigenvalue weighted by molar-refractivity contribution is -0.271. The van der Waals surface area contributed by atoms with Crippen molar-refractivity contribution in [2.75, 3.05) is 0 Å². The molecule has 7 nitrogen and oxygen atoms in total. The van der Waals surface area contributed by atoms with Gasteiger partial charge in [-0.15, -0.1) is 0 Å². The number of nitrogens with zero attached hydrogens (tertiary/aromatic N) is 2. The van der Waals surface area contributed by atoms with E-state index in [4.69, 9.17) is 11.6 Å². The van der Waals surface area contributed by atoms with Gasteiger partial charge in [-0.05, 0) is 17.7 Å².